The summed E-state index contributed by atoms with van der Waals surface area (Å²) in [4.78, 5) is 0. The molecule has 3 rings (SSSR count). The van der Waals surface area contributed by atoms with Crippen LogP contribution >= 0.6 is 39.1 Å². The first-order chi connectivity index (χ1) is 12.1. The third-order valence-electron chi connectivity index (χ3n) is 4.29. The lowest BCUT2D eigenvalue weighted by atomic mass is 10.1. The first kappa shape index (κ1) is 19.0. The van der Waals surface area contributed by atoms with E-state index in [-0.39, 0.29) is 6.10 Å². The smallest absolute Gasteiger partial charge is 0.206 e. The van der Waals surface area contributed by atoms with E-state index in [0.29, 0.717) is 22.0 Å². The fourth-order valence-corrected chi connectivity index (χ4v) is 4.06. The highest BCUT2D eigenvalue weighted by Gasteiger charge is 2.43. The SMILES string of the molecule is COc1ccc(CCC2COC(CBr)(c3ccc(Cl)cc3Cl)O2)cc1. The van der Waals surface area contributed by atoms with Crippen molar-refractivity contribution in [1.82, 2.24) is 0 Å². The molecule has 1 fully saturated rings. The summed E-state index contributed by atoms with van der Waals surface area (Å²) in [6, 6.07) is 13.4. The summed E-state index contributed by atoms with van der Waals surface area (Å²) in [5, 5.41) is 1.63. The van der Waals surface area contributed by atoms with E-state index in [0.717, 1.165) is 24.2 Å². The molecule has 0 bridgehead atoms. The highest BCUT2D eigenvalue weighted by atomic mass is 79.9. The van der Waals surface area contributed by atoms with Crippen LogP contribution in [0.15, 0.2) is 42.5 Å². The Bertz CT molecular complexity index is 723. The number of methoxy groups -OCH3 is 1. The molecule has 0 N–H and O–H groups in total. The molecule has 2 aromatic rings. The third-order valence-corrected chi connectivity index (χ3v) is 5.58. The average Bonchev–Trinajstić information content (AvgIpc) is 3.05. The van der Waals surface area contributed by atoms with E-state index in [2.05, 4.69) is 28.1 Å². The van der Waals surface area contributed by atoms with Gasteiger partial charge in [-0.1, -0.05) is 57.3 Å². The van der Waals surface area contributed by atoms with E-state index in [4.69, 9.17) is 37.4 Å². The molecule has 0 amide bonds. The molecule has 25 heavy (non-hydrogen) atoms. The quantitative estimate of drug-likeness (QED) is 0.541. The Labute approximate surface area is 166 Å². The Morgan fingerprint density at radius 2 is 1.96 bits per heavy atom. The lowest BCUT2D eigenvalue weighted by molar-refractivity contribution is -0.157. The molecule has 6 heteroatoms. The van der Waals surface area contributed by atoms with Crippen LogP contribution in [0.25, 0.3) is 0 Å². The van der Waals surface area contributed by atoms with Crippen LogP contribution in [0, 0.1) is 0 Å². The number of hydrogen-bond acceptors (Lipinski definition) is 3. The Hall–Kier alpha value is -0.780. The second-order valence-corrected chi connectivity index (χ2v) is 7.35. The van der Waals surface area contributed by atoms with E-state index in [1.165, 1.54) is 5.56 Å². The average molecular weight is 446 g/mol. The highest BCUT2D eigenvalue weighted by molar-refractivity contribution is 9.09. The van der Waals surface area contributed by atoms with E-state index in [1.54, 1.807) is 19.2 Å². The topological polar surface area (TPSA) is 27.7 Å². The van der Waals surface area contributed by atoms with Crippen LogP contribution in [0.4, 0.5) is 0 Å². The van der Waals surface area contributed by atoms with Gasteiger partial charge in [-0.3, -0.25) is 0 Å². The van der Waals surface area contributed by atoms with Crippen LogP contribution in [-0.4, -0.2) is 25.2 Å². The Kier molecular flexibility index (Phi) is 6.29. The molecular weight excluding hydrogens is 427 g/mol. The van der Waals surface area contributed by atoms with E-state index in [9.17, 15) is 0 Å². The minimum absolute atomic E-state index is 0.00592. The molecule has 1 aliphatic rings. The fraction of sp³-hybridized carbons (Fsp3) is 0.368. The number of ether oxygens (including phenoxy) is 3. The molecule has 0 saturated carbocycles. The molecule has 2 atom stereocenters. The molecular formula is C19H19BrCl2O3. The van der Waals surface area contributed by atoms with Crippen molar-refractivity contribution < 1.29 is 14.2 Å². The van der Waals surface area contributed by atoms with Crippen molar-refractivity contribution in [3.63, 3.8) is 0 Å². The van der Waals surface area contributed by atoms with Gasteiger partial charge in [0.05, 0.1) is 30.2 Å². The summed E-state index contributed by atoms with van der Waals surface area (Å²) in [6.45, 7) is 0.528. The maximum atomic E-state index is 6.35. The van der Waals surface area contributed by atoms with Crippen molar-refractivity contribution in [3.05, 3.63) is 63.6 Å². The number of rotatable bonds is 6. The lowest BCUT2D eigenvalue weighted by Crippen LogP contribution is -2.30. The fourth-order valence-electron chi connectivity index (χ4n) is 2.91. The normalized spacial score (nSPS) is 23.0. The molecule has 0 aromatic heterocycles. The van der Waals surface area contributed by atoms with Crippen molar-refractivity contribution in [3.8, 4) is 5.75 Å². The number of halogens is 3. The van der Waals surface area contributed by atoms with Gasteiger partial charge in [-0.2, -0.15) is 0 Å². The zero-order chi connectivity index (χ0) is 17.9. The zero-order valence-corrected chi connectivity index (χ0v) is 16.9. The maximum absolute atomic E-state index is 6.35. The van der Waals surface area contributed by atoms with Crippen LogP contribution in [-0.2, 0) is 21.7 Å². The van der Waals surface area contributed by atoms with Gasteiger partial charge in [-0.15, -0.1) is 0 Å². The summed E-state index contributed by atoms with van der Waals surface area (Å²) >= 11 is 15.8. The largest absolute Gasteiger partial charge is 0.497 e. The highest BCUT2D eigenvalue weighted by Crippen LogP contribution is 2.41. The van der Waals surface area contributed by atoms with Gasteiger partial charge in [0.2, 0.25) is 5.79 Å². The number of aryl methyl sites for hydroxylation is 1. The number of alkyl halides is 1. The van der Waals surface area contributed by atoms with Crippen LogP contribution in [0.1, 0.15) is 17.5 Å². The maximum Gasteiger partial charge on any atom is 0.206 e. The van der Waals surface area contributed by atoms with Crippen LogP contribution in [0.3, 0.4) is 0 Å². The van der Waals surface area contributed by atoms with Gasteiger partial charge >= 0.3 is 0 Å². The Morgan fingerprint density at radius 3 is 2.60 bits per heavy atom. The Morgan fingerprint density at radius 1 is 1.20 bits per heavy atom. The van der Waals surface area contributed by atoms with Crippen LogP contribution < -0.4 is 4.74 Å². The molecule has 3 nitrogen and oxygen atoms in total. The number of hydrogen-bond donors (Lipinski definition) is 0. The molecule has 0 radical (unpaired) electrons. The van der Waals surface area contributed by atoms with Gasteiger partial charge in [-0.05, 0) is 42.7 Å². The summed E-state index contributed by atoms with van der Waals surface area (Å²) in [5.41, 5.74) is 2.03. The minimum Gasteiger partial charge on any atom is -0.497 e. The number of benzene rings is 2. The molecule has 0 spiro atoms. The standard InChI is InChI=1S/C19H19BrCl2O3/c1-23-15-6-2-13(3-7-15)4-8-16-11-24-19(12-20,25-16)17-9-5-14(21)10-18(17)22/h2-3,5-7,9-10,16H,4,8,11-12H2,1H3. The van der Waals surface area contributed by atoms with E-state index < -0.39 is 5.79 Å². The lowest BCUT2D eigenvalue weighted by Gasteiger charge is -2.27. The zero-order valence-electron chi connectivity index (χ0n) is 13.8. The van der Waals surface area contributed by atoms with Crippen molar-refractivity contribution >= 4 is 39.1 Å². The third kappa shape index (κ3) is 4.32. The predicted octanol–water partition coefficient (Wildman–Crippen LogP) is 5.60. The van der Waals surface area contributed by atoms with Gasteiger partial charge in [0.1, 0.15) is 5.75 Å². The van der Waals surface area contributed by atoms with Gasteiger partial charge in [0.25, 0.3) is 0 Å². The van der Waals surface area contributed by atoms with Gasteiger partial charge < -0.3 is 14.2 Å². The second kappa shape index (κ2) is 8.28. The van der Waals surface area contributed by atoms with Crippen LogP contribution in [0.2, 0.25) is 10.0 Å². The summed E-state index contributed by atoms with van der Waals surface area (Å²) in [6.07, 6.45) is 1.78. The first-order valence-electron chi connectivity index (χ1n) is 8.02. The second-order valence-electron chi connectivity index (χ2n) is 5.95. The van der Waals surface area contributed by atoms with Crippen molar-refractivity contribution in [2.45, 2.75) is 24.7 Å². The monoisotopic (exact) mass is 444 g/mol. The molecule has 0 aliphatic carbocycles. The molecule has 2 aromatic carbocycles. The summed E-state index contributed by atoms with van der Waals surface area (Å²) < 4.78 is 17.5. The van der Waals surface area contributed by atoms with Crippen LogP contribution in [0.5, 0.6) is 5.75 Å². The first-order valence-corrected chi connectivity index (χ1v) is 9.90. The Balaban J connectivity index is 1.66. The minimum atomic E-state index is -0.869. The van der Waals surface area contributed by atoms with Crippen molar-refractivity contribution in [1.29, 1.82) is 0 Å². The van der Waals surface area contributed by atoms with Gasteiger partial charge in [0.15, 0.2) is 0 Å². The van der Waals surface area contributed by atoms with Gasteiger partial charge in [0, 0.05) is 10.6 Å². The molecule has 134 valence electrons. The molecule has 1 heterocycles. The van der Waals surface area contributed by atoms with E-state index >= 15 is 0 Å². The molecule has 2 unspecified atom stereocenters. The molecule has 1 aliphatic heterocycles. The van der Waals surface area contributed by atoms with Crippen molar-refractivity contribution in [2.24, 2.45) is 0 Å². The van der Waals surface area contributed by atoms with Gasteiger partial charge in [-0.25, -0.2) is 0 Å². The van der Waals surface area contributed by atoms with E-state index in [1.807, 2.05) is 18.2 Å². The predicted molar refractivity (Wildman–Crippen MR) is 104 cm³/mol. The van der Waals surface area contributed by atoms with Crippen molar-refractivity contribution in [2.75, 3.05) is 19.0 Å². The summed E-state index contributed by atoms with van der Waals surface area (Å²) in [5.74, 6) is -0.00780. The molecule has 1 saturated heterocycles. The summed E-state index contributed by atoms with van der Waals surface area (Å²) in [7, 11) is 1.67.